The summed E-state index contributed by atoms with van der Waals surface area (Å²) in [6, 6.07) is 6.36. The first-order chi connectivity index (χ1) is 9.56. The molecule has 4 nitrogen and oxygen atoms in total. The Kier molecular flexibility index (Phi) is 3.73. The minimum Gasteiger partial charge on any atom is -0.389 e. The average Bonchev–Trinajstić information content (AvgIpc) is 2.79. The van der Waals surface area contributed by atoms with E-state index in [0.29, 0.717) is 18.4 Å². The average molecular weight is 339 g/mol. The number of hydrogen-bond donors (Lipinski definition) is 1. The molecule has 2 aliphatic rings. The molecule has 0 bridgehead atoms. The summed E-state index contributed by atoms with van der Waals surface area (Å²) in [5.41, 5.74) is 2.06. The minimum absolute atomic E-state index is 0.304. The van der Waals surface area contributed by atoms with Crippen LogP contribution in [0.4, 0.5) is 5.69 Å². The first kappa shape index (κ1) is 13.9. The van der Waals surface area contributed by atoms with Crippen LogP contribution in [0, 0.1) is 0 Å². The molecule has 1 amide bonds. The van der Waals surface area contributed by atoms with Crippen molar-refractivity contribution in [3.63, 3.8) is 0 Å². The summed E-state index contributed by atoms with van der Waals surface area (Å²) in [4.78, 5) is 16.1. The second-order valence-corrected chi connectivity index (χ2v) is 6.47. The molecule has 2 atom stereocenters. The number of aliphatic hydroxyl groups excluding tert-OH is 1. The lowest BCUT2D eigenvalue weighted by Crippen LogP contribution is -2.51. The highest BCUT2D eigenvalue weighted by Gasteiger charge is 2.35. The van der Waals surface area contributed by atoms with Gasteiger partial charge in [-0.05, 0) is 47.0 Å². The Morgan fingerprint density at radius 3 is 2.90 bits per heavy atom. The highest BCUT2D eigenvalue weighted by molar-refractivity contribution is 9.10. The maximum atomic E-state index is 11.7. The molecule has 0 radical (unpaired) electrons. The van der Waals surface area contributed by atoms with Crippen LogP contribution < -0.4 is 4.90 Å². The van der Waals surface area contributed by atoms with Crippen molar-refractivity contribution in [1.82, 2.24) is 4.90 Å². The third-order valence-electron chi connectivity index (χ3n) is 4.29. The van der Waals surface area contributed by atoms with Gasteiger partial charge in [-0.15, -0.1) is 0 Å². The van der Waals surface area contributed by atoms with Crippen molar-refractivity contribution < 1.29 is 9.90 Å². The predicted octanol–water partition coefficient (Wildman–Crippen LogP) is 2.31. The molecule has 5 heteroatoms. The lowest BCUT2D eigenvalue weighted by atomic mass is 10.1. The molecule has 3 rings (SSSR count). The first-order valence-corrected chi connectivity index (χ1v) is 7.87. The van der Waals surface area contributed by atoms with Gasteiger partial charge in [0, 0.05) is 36.6 Å². The predicted molar refractivity (Wildman–Crippen MR) is 81.7 cm³/mol. The van der Waals surface area contributed by atoms with E-state index in [2.05, 4.69) is 26.9 Å². The van der Waals surface area contributed by atoms with Crippen LogP contribution in [0.2, 0.25) is 0 Å². The molecule has 2 fully saturated rings. The van der Waals surface area contributed by atoms with E-state index in [1.165, 1.54) is 0 Å². The van der Waals surface area contributed by atoms with E-state index in [1.54, 1.807) is 6.92 Å². The fourth-order valence-electron chi connectivity index (χ4n) is 3.12. The Balaban J connectivity index is 1.79. The Bertz CT molecular complexity index is 533. The number of halogens is 1. The number of anilines is 1. The molecule has 1 aromatic rings. The number of rotatable bonds is 2. The molecule has 0 spiro atoms. The molecule has 2 saturated heterocycles. The van der Waals surface area contributed by atoms with Crippen molar-refractivity contribution in [1.29, 1.82) is 0 Å². The van der Waals surface area contributed by atoms with Crippen LogP contribution in [-0.4, -0.2) is 41.6 Å². The van der Waals surface area contributed by atoms with Crippen LogP contribution in [0.25, 0.3) is 0 Å². The number of hydrogen-bond acceptors (Lipinski definition) is 3. The van der Waals surface area contributed by atoms with Gasteiger partial charge in [0.25, 0.3) is 0 Å². The Labute approximate surface area is 127 Å². The molecular formula is C15H19BrN2O2. The van der Waals surface area contributed by atoms with Crippen LogP contribution in [0.15, 0.2) is 22.7 Å². The zero-order valence-electron chi connectivity index (χ0n) is 11.6. The van der Waals surface area contributed by atoms with Crippen LogP contribution in [0.3, 0.4) is 0 Å². The van der Waals surface area contributed by atoms with E-state index in [1.807, 2.05) is 17.0 Å². The largest absolute Gasteiger partial charge is 0.389 e. The number of amides is 1. The van der Waals surface area contributed by atoms with E-state index in [-0.39, 0.29) is 0 Å². The van der Waals surface area contributed by atoms with Gasteiger partial charge in [0.1, 0.15) is 0 Å². The Morgan fingerprint density at radius 2 is 2.20 bits per heavy atom. The SMILES string of the molecule is C[C@@H](O)c1ccc(N2CCN3C(=O)CCC3C2)c(Br)c1. The maximum Gasteiger partial charge on any atom is 0.223 e. The van der Waals surface area contributed by atoms with Gasteiger partial charge in [0.05, 0.1) is 11.8 Å². The number of benzene rings is 1. The fourth-order valence-corrected chi connectivity index (χ4v) is 3.77. The number of carbonyl (C=O) groups excluding carboxylic acids is 1. The lowest BCUT2D eigenvalue weighted by molar-refractivity contribution is -0.129. The summed E-state index contributed by atoms with van der Waals surface area (Å²) < 4.78 is 1.01. The zero-order chi connectivity index (χ0) is 14.3. The van der Waals surface area contributed by atoms with Crippen molar-refractivity contribution in [2.24, 2.45) is 0 Å². The lowest BCUT2D eigenvalue weighted by Gasteiger charge is -2.39. The van der Waals surface area contributed by atoms with Gasteiger partial charge in [-0.25, -0.2) is 0 Å². The number of carbonyl (C=O) groups is 1. The topological polar surface area (TPSA) is 43.8 Å². The molecule has 0 aromatic heterocycles. The summed E-state index contributed by atoms with van der Waals surface area (Å²) in [6.45, 7) is 4.35. The molecule has 1 aromatic carbocycles. The number of nitrogens with zero attached hydrogens (tertiary/aromatic N) is 2. The van der Waals surface area contributed by atoms with E-state index in [9.17, 15) is 9.90 Å². The van der Waals surface area contributed by atoms with E-state index >= 15 is 0 Å². The molecule has 2 heterocycles. The third kappa shape index (κ3) is 2.44. The molecule has 0 saturated carbocycles. The Morgan fingerprint density at radius 1 is 1.40 bits per heavy atom. The van der Waals surface area contributed by atoms with E-state index in [0.717, 1.165) is 41.8 Å². The van der Waals surface area contributed by atoms with Gasteiger partial charge in [0.2, 0.25) is 5.91 Å². The Hall–Kier alpha value is -1.07. The maximum absolute atomic E-state index is 11.7. The van der Waals surface area contributed by atoms with Crippen molar-refractivity contribution in [2.75, 3.05) is 24.5 Å². The number of piperazine rings is 1. The summed E-state index contributed by atoms with van der Waals surface area (Å²) in [5, 5.41) is 9.62. The monoisotopic (exact) mass is 338 g/mol. The second kappa shape index (κ2) is 5.37. The first-order valence-electron chi connectivity index (χ1n) is 7.08. The quantitative estimate of drug-likeness (QED) is 0.899. The van der Waals surface area contributed by atoms with Gasteiger partial charge in [-0.1, -0.05) is 6.07 Å². The van der Waals surface area contributed by atoms with Gasteiger partial charge in [-0.3, -0.25) is 4.79 Å². The molecule has 108 valence electrons. The van der Waals surface area contributed by atoms with E-state index < -0.39 is 6.10 Å². The summed E-state index contributed by atoms with van der Waals surface area (Å²) >= 11 is 3.60. The minimum atomic E-state index is -0.454. The van der Waals surface area contributed by atoms with Gasteiger partial charge >= 0.3 is 0 Å². The summed E-state index contributed by atoms with van der Waals surface area (Å²) in [6.07, 6.45) is 1.21. The molecule has 0 aliphatic carbocycles. The summed E-state index contributed by atoms with van der Waals surface area (Å²) in [7, 11) is 0. The van der Waals surface area contributed by atoms with Crippen molar-refractivity contribution in [3.8, 4) is 0 Å². The molecule has 1 N–H and O–H groups in total. The van der Waals surface area contributed by atoms with Crippen LogP contribution >= 0.6 is 15.9 Å². The van der Waals surface area contributed by atoms with Crippen molar-refractivity contribution >= 4 is 27.5 Å². The van der Waals surface area contributed by atoms with Gasteiger partial charge < -0.3 is 14.9 Å². The second-order valence-electron chi connectivity index (χ2n) is 5.61. The molecule has 2 aliphatic heterocycles. The number of aliphatic hydroxyl groups is 1. The molecule has 20 heavy (non-hydrogen) atoms. The third-order valence-corrected chi connectivity index (χ3v) is 4.92. The van der Waals surface area contributed by atoms with Crippen LogP contribution in [0.5, 0.6) is 0 Å². The number of fused-ring (bicyclic) bond motifs is 1. The highest BCUT2D eigenvalue weighted by atomic mass is 79.9. The molecule has 1 unspecified atom stereocenters. The van der Waals surface area contributed by atoms with Crippen LogP contribution in [0.1, 0.15) is 31.4 Å². The summed E-state index contributed by atoms with van der Waals surface area (Å²) in [5.74, 6) is 0.304. The normalized spacial score (nSPS) is 23.9. The van der Waals surface area contributed by atoms with Crippen LogP contribution in [-0.2, 0) is 4.79 Å². The smallest absolute Gasteiger partial charge is 0.223 e. The van der Waals surface area contributed by atoms with Crippen molar-refractivity contribution in [3.05, 3.63) is 28.2 Å². The van der Waals surface area contributed by atoms with Gasteiger partial charge in [-0.2, -0.15) is 0 Å². The molecular weight excluding hydrogens is 320 g/mol. The standard InChI is InChI=1S/C15H19BrN2O2/c1-10(19)11-2-4-14(13(16)8-11)17-6-7-18-12(9-17)3-5-15(18)20/h2,4,8,10,12,19H,3,5-7,9H2,1H3/t10-,12?/m1/s1. The van der Waals surface area contributed by atoms with E-state index in [4.69, 9.17) is 0 Å². The van der Waals surface area contributed by atoms with Gasteiger partial charge in [0.15, 0.2) is 0 Å². The fraction of sp³-hybridized carbons (Fsp3) is 0.533. The highest BCUT2D eigenvalue weighted by Crippen LogP contribution is 2.32. The van der Waals surface area contributed by atoms with Crippen molar-refractivity contribution in [2.45, 2.75) is 31.9 Å². The zero-order valence-corrected chi connectivity index (χ0v) is 13.1.